The van der Waals surface area contributed by atoms with Crippen molar-refractivity contribution in [1.82, 2.24) is 33.9 Å². The van der Waals surface area contributed by atoms with Gasteiger partial charge in [0.25, 0.3) is 0 Å². The van der Waals surface area contributed by atoms with Gasteiger partial charge in [-0.05, 0) is 32.9 Å². The minimum Gasteiger partial charge on any atom is -0.341 e. The fourth-order valence-electron chi connectivity index (χ4n) is 5.21. The summed E-state index contributed by atoms with van der Waals surface area (Å²) >= 11 is 6.10. The highest BCUT2D eigenvalue weighted by molar-refractivity contribution is 6.31. The van der Waals surface area contributed by atoms with Crippen LogP contribution in [0.3, 0.4) is 0 Å². The Bertz CT molecular complexity index is 1330. The van der Waals surface area contributed by atoms with Gasteiger partial charge in [-0.25, -0.2) is 15.0 Å². The van der Waals surface area contributed by atoms with Crippen LogP contribution < -0.4 is 16.0 Å². The summed E-state index contributed by atoms with van der Waals surface area (Å²) in [6.07, 6.45) is 6.74. The van der Waals surface area contributed by atoms with Crippen molar-refractivity contribution >= 4 is 28.7 Å². The van der Waals surface area contributed by atoms with Gasteiger partial charge >= 0.3 is 11.1 Å². The number of pyridine rings is 1. The fourth-order valence-corrected chi connectivity index (χ4v) is 5.36. The lowest BCUT2D eigenvalue weighted by atomic mass is 10.0. The van der Waals surface area contributed by atoms with E-state index in [1.54, 1.807) is 17.7 Å². The third-order valence-electron chi connectivity index (χ3n) is 7.27. The number of hydrogen-bond donors (Lipinski definition) is 0. The summed E-state index contributed by atoms with van der Waals surface area (Å²) in [6.45, 7) is 7.69. The third-order valence-corrected chi connectivity index (χ3v) is 7.47. The van der Waals surface area contributed by atoms with Gasteiger partial charge in [0.2, 0.25) is 5.95 Å². The topological polar surface area (TPSA) is 92.4 Å². The minimum atomic E-state index is -0.572. The monoisotopic (exact) mass is 498 g/mol. The second-order valence-electron chi connectivity index (χ2n) is 9.73. The highest BCUT2D eigenvalue weighted by Gasteiger charge is 2.27. The zero-order chi connectivity index (χ0) is 24.7. The summed E-state index contributed by atoms with van der Waals surface area (Å²) in [6, 6.07) is 2.06. The first-order valence-electron chi connectivity index (χ1n) is 12.1. The Labute approximate surface area is 208 Å². The Kier molecular flexibility index (Phi) is 6.61. The van der Waals surface area contributed by atoms with Crippen molar-refractivity contribution in [2.24, 2.45) is 7.05 Å². The van der Waals surface area contributed by atoms with Crippen LogP contribution in [0.2, 0.25) is 5.02 Å². The molecule has 1 atom stereocenters. The Morgan fingerprint density at radius 1 is 0.971 bits per heavy atom. The standard InChI is InChI=1S/C24H31ClN8O2/c1-16-14-29(2)8-9-32(16)15-17-11-27-24(28-12-17)31-6-4-19(5-7-31)33-21-20(10-18(25)13-26-21)30(3)22(34)23(33)35/h10-13,16,19H,4-9,14-15H2,1-3H3/t16-/m0/s1. The van der Waals surface area contributed by atoms with Gasteiger partial charge in [-0.15, -0.1) is 0 Å². The first kappa shape index (κ1) is 23.9. The molecular weight excluding hydrogens is 468 g/mol. The molecule has 0 N–H and O–H groups in total. The number of aromatic nitrogens is 5. The van der Waals surface area contributed by atoms with Crippen LogP contribution in [0.25, 0.3) is 11.2 Å². The molecule has 2 fully saturated rings. The van der Waals surface area contributed by atoms with Crippen LogP contribution in [0, 0.1) is 0 Å². The second kappa shape index (κ2) is 9.67. The summed E-state index contributed by atoms with van der Waals surface area (Å²) < 4.78 is 2.87. The van der Waals surface area contributed by atoms with Crippen LogP contribution in [0.15, 0.2) is 34.2 Å². The quantitative estimate of drug-likeness (QED) is 0.500. The summed E-state index contributed by atoms with van der Waals surface area (Å²) in [7, 11) is 3.74. The molecule has 0 bridgehead atoms. The van der Waals surface area contributed by atoms with Gasteiger partial charge in [0.05, 0.1) is 10.5 Å². The van der Waals surface area contributed by atoms with Crippen LogP contribution >= 0.6 is 11.6 Å². The highest BCUT2D eigenvalue weighted by Crippen LogP contribution is 2.26. The number of fused-ring (bicyclic) bond motifs is 1. The van der Waals surface area contributed by atoms with Gasteiger partial charge in [-0.1, -0.05) is 11.6 Å². The van der Waals surface area contributed by atoms with Crippen molar-refractivity contribution < 1.29 is 0 Å². The average molecular weight is 499 g/mol. The SMILES string of the molecule is C[C@H]1CN(C)CCN1Cc1cnc(N2CCC(n3c(=O)c(=O)n(C)c4cc(Cl)cnc43)CC2)nc1. The molecule has 10 nitrogen and oxygen atoms in total. The number of piperazine rings is 1. The maximum absolute atomic E-state index is 12.9. The van der Waals surface area contributed by atoms with Crippen molar-refractivity contribution in [2.45, 2.75) is 38.4 Å². The largest absolute Gasteiger partial charge is 0.341 e. The lowest BCUT2D eigenvalue weighted by Gasteiger charge is -2.38. The Morgan fingerprint density at radius 2 is 1.69 bits per heavy atom. The molecule has 2 aliphatic heterocycles. The Balaban J connectivity index is 1.29. The summed E-state index contributed by atoms with van der Waals surface area (Å²) in [5, 5.41) is 0.426. The van der Waals surface area contributed by atoms with E-state index in [1.165, 1.54) is 10.8 Å². The third kappa shape index (κ3) is 4.70. The number of rotatable bonds is 4. The summed E-state index contributed by atoms with van der Waals surface area (Å²) in [5.41, 5.74) is 1.03. The zero-order valence-corrected chi connectivity index (χ0v) is 21.1. The minimum absolute atomic E-state index is 0.123. The zero-order valence-electron chi connectivity index (χ0n) is 20.4. The van der Waals surface area contributed by atoms with Crippen LogP contribution in [0.1, 0.15) is 31.4 Å². The molecule has 5 rings (SSSR count). The Hall–Kier alpha value is -2.82. The van der Waals surface area contributed by atoms with E-state index >= 15 is 0 Å². The van der Waals surface area contributed by atoms with Gasteiger partial charge in [-0.3, -0.25) is 19.1 Å². The van der Waals surface area contributed by atoms with Crippen LogP contribution in [-0.2, 0) is 13.6 Å². The highest BCUT2D eigenvalue weighted by atomic mass is 35.5. The lowest BCUT2D eigenvalue weighted by molar-refractivity contribution is 0.0936. The maximum atomic E-state index is 12.9. The molecule has 2 aliphatic rings. The van der Waals surface area contributed by atoms with Crippen LogP contribution in [0.5, 0.6) is 0 Å². The van der Waals surface area contributed by atoms with E-state index in [2.05, 4.69) is 43.6 Å². The number of hydrogen-bond acceptors (Lipinski definition) is 8. The molecule has 0 aliphatic carbocycles. The molecule has 0 radical (unpaired) electrons. The summed E-state index contributed by atoms with van der Waals surface area (Å²) in [5.74, 6) is 0.699. The first-order valence-corrected chi connectivity index (χ1v) is 12.4. The predicted octanol–water partition coefficient (Wildman–Crippen LogP) is 1.52. The molecule has 2 saturated heterocycles. The number of anilines is 1. The van der Waals surface area contributed by atoms with E-state index in [0.29, 0.717) is 54.1 Å². The molecular formula is C24H31ClN8O2. The van der Waals surface area contributed by atoms with Crippen molar-refractivity contribution in [3.8, 4) is 0 Å². The van der Waals surface area contributed by atoms with Crippen molar-refractivity contribution in [3.05, 3.63) is 56.0 Å². The van der Waals surface area contributed by atoms with Gasteiger partial charge in [0.15, 0.2) is 5.65 Å². The van der Waals surface area contributed by atoms with Gasteiger partial charge < -0.3 is 14.4 Å². The predicted molar refractivity (Wildman–Crippen MR) is 136 cm³/mol. The van der Waals surface area contributed by atoms with E-state index in [1.807, 2.05) is 12.4 Å². The van der Waals surface area contributed by atoms with Crippen molar-refractivity contribution in [3.63, 3.8) is 0 Å². The molecule has 3 aromatic rings. The molecule has 0 spiro atoms. The number of piperidine rings is 1. The molecule has 0 amide bonds. The Morgan fingerprint density at radius 3 is 2.37 bits per heavy atom. The second-order valence-corrected chi connectivity index (χ2v) is 10.2. The maximum Gasteiger partial charge on any atom is 0.318 e. The molecule has 35 heavy (non-hydrogen) atoms. The summed E-state index contributed by atoms with van der Waals surface area (Å²) in [4.78, 5) is 46.1. The molecule has 0 saturated carbocycles. The molecule has 0 unspecified atom stereocenters. The number of halogens is 1. The number of aryl methyl sites for hydroxylation is 1. The molecule has 11 heteroatoms. The van der Waals surface area contributed by atoms with E-state index < -0.39 is 11.1 Å². The van der Waals surface area contributed by atoms with E-state index in [9.17, 15) is 9.59 Å². The molecule has 3 aromatic heterocycles. The van der Waals surface area contributed by atoms with Crippen LogP contribution in [0.4, 0.5) is 5.95 Å². The van der Waals surface area contributed by atoms with Gasteiger partial charge in [0, 0.05) is 82.6 Å². The fraction of sp³-hybridized carbons (Fsp3) is 0.542. The number of nitrogens with zero attached hydrogens (tertiary/aromatic N) is 8. The normalized spacial score (nSPS) is 20.6. The smallest absolute Gasteiger partial charge is 0.318 e. The van der Waals surface area contributed by atoms with E-state index in [4.69, 9.17) is 11.6 Å². The van der Waals surface area contributed by atoms with Gasteiger partial charge in [0.1, 0.15) is 0 Å². The molecule has 186 valence electrons. The average Bonchev–Trinajstić information content (AvgIpc) is 2.86. The van der Waals surface area contributed by atoms with Crippen molar-refractivity contribution in [1.29, 1.82) is 0 Å². The molecule has 0 aromatic carbocycles. The lowest BCUT2D eigenvalue weighted by Crippen LogP contribution is -2.49. The van der Waals surface area contributed by atoms with Crippen molar-refractivity contribution in [2.75, 3.05) is 44.7 Å². The number of likely N-dealkylation sites (N-methyl/N-ethyl adjacent to an activating group) is 1. The van der Waals surface area contributed by atoms with Crippen LogP contribution in [-0.4, -0.2) is 79.7 Å². The first-order chi connectivity index (χ1) is 16.8. The van der Waals surface area contributed by atoms with E-state index in [-0.39, 0.29) is 6.04 Å². The van der Waals surface area contributed by atoms with Gasteiger partial charge in [-0.2, -0.15) is 0 Å². The molecule has 5 heterocycles. The van der Waals surface area contributed by atoms with E-state index in [0.717, 1.165) is 31.7 Å².